The zero-order valence-corrected chi connectivity index (χ0v) is 13.2. The summed E-state index contributed by atoms with van der Waals surface area (Å²) in [4.78, 5) is 13.7. The van der Waals surface area contributed by atoms with Crippen LogP contribution in [0.2, 0.25) is 0 Å². The first-order chi connectivity index (χ1) is 10.3. The van der Waals surface area contributed by atoms with Crippen LogP contribution in [0.1, 0.15) is 18.4 Å². The van der Waals surface area contributed by atoms with E-state index in [1.807, 2.05) is 0 Å². The van der Waals surface area contributed by atoms with Gasteiger partial charge in [0.2, 0.25) is 10.0 Å². The molecule has 2 N–H and O–H groups in total. The first-order valence-electron chi connectivity index (χ1n) is 7.08. The molecule has 0 aliphatic carbocycles. The van der Waals surface area contributed by atoms with Crippen molar-refractivity contribution in [2.45, 2.75) is 25.4 Å². The standard InChI is InChI=1S/C14H20FN3O3S/c1-22(20,21)17-13-5-7-18(8-6-13)14(19)16-10-11-3-2-4-12(15)9-11/h2-4,9,13,17H,5-8,10H2,1H3,(H,16,19). The van der Waals surface area contributed by atoms with E-state index >= 15 is 0 Å². The molecule has 1 aromatic rings. The SMILES string of the molecule is CS(=O)(=O)NC1CCN(C(=O)NCc2cccc(F)c2)CC1. The molecule has 0 spiro atoms. The van der Waals surface area contributed by atoms with E-state index < -0.39 is 10.0 Å². The summed E-state index contributed by atoms with van der Waals surface area (Å²) in [5.74, 6) is -0.334. The van der Waals surface area contributed by atoms with Crippen molar-refractivity contribution in [1.82, 2.24) is 14.9 Å². The summed E-state index contributed by atoms with van der Waals surface area (Å²) in [5, 5.41) is 2.74. The lowest BCUT2D eigenvalue weighted by molar-refractivity contribution is 0.179. The minimum Gasteiger partial charge on any atom is -0.334 e. The number of benzene rings is 1. The van der Waals surface area contributed by atoms with Crippen molar-refractivity contribution in [2.24, 2.45) is 0 Å². The number of nitrogens with one attached hydrogen (secondary N) is 2. The summed E-state index contributed by atoms with van der Waals surface area (Å²) in [5.41, 5.74) is 0.696. The highest BCUT2D eigenvalue weighted by Gasteiger charge is 2.24. The van der Waals surface area contributed by atoms with Crippen LogP contribution in [0.4, 0.5) is 9.18 Å². The third kappa shape index (κ3) is 5.27. The van der Waals surface area contributed by atoms with Crippen molar-refractivity contribution in [2.75, 3.05) is 19.3 Å². The van der Waals surface area contributed by atoms with E-state index in [2.05, 4.69) is 10.0 Å². The first kappa shape index (κ1) is 16.7. The summed E-state index contributed by atoms with van der Waals surface area (Å²) in [6.45, 7) is 1.24. The smallest absolute Gasteiger partial charge is 0.317 e. The van der Waals surface area contributed by atoms with Gasteiger partial charge in [0.25, 0.3) is 0 Å². The molecule has 8 heteroatoms. The van der Waals surface area contributed by atoms with E-state index in [-0.39, 0.29) is 24.4 Å². The van der Waals surface area contributed by atoms with Gasteiger partial charge in [-0.2, -0.15) is 0 Å². The van der Waals surface area contributed by atoms with Crippen LogP contribution in [-0.2, 0) is 16.6 Å². The van der Waals surface area contributed by atoms with Crippen molar-refractivity contribution in [3.8, 4) is 0 Å². The van der Waals surface area contributed by atoms with Crippen LogP contribution in [-0.4, -0.2) is 44.7 Å². The molecule has 1 aliphatic heterocycles. The second-order valence-electron chi connectivity index (χ2n) is 5.44. The number of amides is 2. The molecule has 1 aliphatic rings. The number of likely N-dealkylation sites (tertiary alicyclic amines) is 1. The maximum Gasteiger partial charge on any atom is 0.317 e. The highest BCUT2D eigenvalue weighted by atomic mass is 32.2. The molecular weight excluding hydrogens is 309 g/mol. The molecule has 1 fully saturated rings. The van der Waals surface area contributed by atoms with Gasteiger partial charge in [-0.3, -0.25) is 0 Å². The van der Waals surface area contributed by atoms with Gasteiger partial charge in [-0.15, -0.1) is 0 Å². The van der Waals surface area contributed by atoms with Crippen molar-refractivity contribution in [1.29, 1.82) is 0 Å². The number of sulfonamides is 1. The number of piperidine rings is 1. The maximum atomic E-state index is 13.0. The largest absolute Gasteiger partial charge is 0.334 e. The van der Waals surface area contributed by atoms with Crippen molar-refractivity contribution >= 4 is 16.1 Å². The topological polar surface area (TPSA) is 78.5 Å². The molecule has 1 aromatic carbocycles. The monoisotopic (exact) mass is 329 g/mol. The lowest BCUT2D eigenvalue weighted by atomic mass is 10.1. The van der Waals surface area contributed by atoms with Crippen LogP contribution in [0, 0.1) is 5.82 Å². The van der Waals surface area contributed by atoms with Crippen LogP contribution in [0.3, 0.4) is 0 Å². The van der Waals surface area contributed by atoms with Gasteiger partial charge in [0, 0.05) is 25.7 Å². The molecule has 2 rings (SSSR count). The summed E-state index contributed by atoms with van der Waals surface area (Å²) in [6.07, 6.45) is 2.30. The summed E-state index contributed by atoms with van der Waals surface area (Å²) >= 11 is 0. The number of rotatable bonds is 4. The zero-order valence-electron chi connectivity index (χ0n) is 12.4. The van der Waals surface area contributed by atoms with Crippen molar-refractivity contribution in [3.05, 3.63) is 35.6 Å². The lowest BCUT2D eigenvalue weighted by Gasteiger charge is -2.32. The molecule has 0 saturated carbocycles. The van der Waals surface area contributed by atoms with E-state index in [9.17, 15) is 17.6 Å². The molecule has 1 heterocycles. The molecule has 1 saturated heterocycles. The van der Waals surface area contributed by atoms with Crippen molar-refractivity contribution in [3.63, 3.8) is 0 Å². The molecule has 22 heavy (non-hydrogen) atoms. The molecular formula is C14H20FN3O3S. The van der Waals surface area contributed by atoms with Gasteiger partial charge in [-0.05, 0) is 30.5 Å². The van der Waals surface area contributed by atoms with Crippen LogP contribution < -0.4 is 10.0 Å². The molecule has 0 bridgehead atoms. The minimum absolute atomic E-state index is 0.123. The Morgan fingerprint density at radius 1 is 1.36 bits per heavy atom. The van der Waals surface area contributed by atoms with E-state index in [0.29, 0.717) is 31.5 Å². The number of hydrogen-bond donors (Lipinski definition) is 2. The fourth-order valence-electron chi connectivity index (χ4n) is 2.44. The van der Waals surface area contributed by atoms with E-state index in [4.69, 9.17) is 0 Å². The Morgan fingerprint density at radius 2 is 2.05 bits per heavy atom. The fourth-order valence-corrected chi connectivity index (χ4v) is 3.28. The molecule has 0 unspecified atom stereocenters. The predicted octanol–water partition coefficient (Wildman–Crippen LogP) is 1.05. The zero-order chi connectivity index (χ0) is 16.2. The Hall–Kier alpha value is -1.67. The number of carbonyl (C=O) groups excluding carboxylic acids is 1. The quantitative estimate of drug-likeness (QED) is 0.867. The third-order valence-corrected chi connectivity index (χ3v) is 4.26. The normalized spacial score (nSPS) is 16.5. The Labute approximate surface area is 129 Å². The summed E-state index contributed by atoms with van der Waals surface area (Å²) < 4.78 is 37.9. The number of nitrogens with zero attached hydrogens (tertiary/aromatic N) is 1. The molecule has 122 valence electrons. The minimum atomic E-state index is -3.22. The Balaban J connectivity index is 1.78. The molecule has 0 radical (unpaired) electrons. The van der Waals surface area contributed by atoms with Crippen LogP contribution in [0.25, 0.3) is 0 Å². The number of carbonyl (C=O) groups is 1. The Morgan fingerprint density at radius 3 is 2.64 bits per heavy atom. The highest BCUT2D eigenvalue weighted by molar-refractivity contribution is 7.88. The fraction of sp³-hybridized carbons (Fsp3) is 0.500. The highest BCUT2D eigenvalue weighted by Crippen LogP contribution is 2.11. The molecule has 6 nitrogen and oxygen atoms in total. The lowest BCUT2D eigenvalue weighted by Crippen LogP contribution is -2.49. The summed E-state index contributed by atoms with van der Waals surface area (Å²) in [7, 11) is -3.22. The van der Waals surface area contributed by atoms with Crippen LogP contribution in [0.15, 0.2) is 24.3 Å². The van der Waals surface area contributed by atoms with Gasteiger partial charge in [0.15, 0.2) is 0 Å². The van der Waals surface area contributed by atoms with E-state index in [1.165, 1.54) is 12.1 Å². The van der Waals surface area contributed by atoms with Gasteiger partial charge < -0.3 is 10.2 Å². The average Bonchev–Trinajstić information content (AvgIpc) is 2.44. The average molecular weight is 329 g/mol. The van der Waals surface area contributed by atoms with Gasteiger partial charge in [0.05, 0.1) is 6.26 Å². The van der Waals surface area contributed by atoms with E-state index in [1.54, 1.807) is 17.0 Å². The van der Waals surface area contributed by atoms with Crippen LogP contribution in [0.5, 0.6) is 0 Å². The van der Waals surface area contributed by atoms with Crippen LogP contribution >= 0.6 is 0 Å². The Kier molecular flexibility index (Phi) is 5.36. The maximum absolute atomic E-state index is 13.0. The van der Waals surface area contributed by atoms with Gasteiger partial charge >= 0.3 is 6.03 Å². The van der Waals surface area contributed by atoms with E-state index in [0.717, 1.165) is 6.26 Å². The Bertz CT molecular complexity index is 628. The number of halogens is 1. The van der Waals surface area contributed by atoms with Gasteiger partial charge in [0.1, 0.15) is 5.82 Å². The summed E-state index contributed by atoms with van der Waals surface area (Å²) in [6, 6.07) is 5.72. The number of hydrogen-bond acceptors (Lipinski definition) is 3. The second-order valence-corrected chi connectivity index (χ2v) is 7.22. The van der Waals surface area contributed by atoms with Gasteiger partial charge in [-0.25, -0.2) is 22.3 Å². The predicted molar refractivity (Wildman–Crippen MR) is 81.2 cm³/mol. The number of urea groups is 1. The third-order valence-electron chi connectivity index (χ3n) is 3.50. The molecule has 0 atom stereocenters. The van der Waals surface area contributed by atoms with Gasteiger partial charge in [-0.1, -0.05) is 12.1 Å². The second kappa shape index (κ2) is 7.06. The molecule has 2 amide bonds. The molecule has 0 aromatic heterocycles. The first-order valence-corrected chi connectivity index (χ1v) is 8.97. The van der Waals surface area contributed by atoms with Crippen molar-refractivity contribution < 1.29 is 17.6 Å².